The van der Waals surface area contributed by atoms with Crippen molar-refractivity contribution in [1.29, 1.82) is 0 Å². The summed E-state index contributed by atoms with van der Waals surface area (Å²) in [6.07, 6.45) is 0. The molecule has 26 heavy (non-hydrogen) atoms. The summed E-state index contributed by atoms with van der Waals surface area (Å²) >= 11 is 1.91. The van der Waals surface area contributed by atoms with E-state index < -0.39 is 22.5 Å². The second-order valence-corrected chi connectivity index (χ2v) is 8.60. The summed E-state index contributed by atoms with van der Waals surface area (Å²) in [6, 6.07) is 9.72. The third-order valence-corrected chi connectivity index (χ3v) is 6.03. The molecule has 0 radical (unpaired) electrons. The number of benzene rings is 2. The van der Waals surface area contributed by atoms with E-state index in [1.807, 2.05) is 22.6 Å². The van der Waals surface area contributed by atoms with Gasteiger partial charge in [-0.25, -0.2) is 12.7 Å². The van der Waals surface area contributed by atoms with E-state index in [-0.39, 0.29) is 21.9 Å². The van der Waals surface area contributed by atoms with Gasteiger partial charge in [-0.3, -0.25) is 4.79 Å². The van der Waals surface area contributed by atoms with Gasteiger partial charge in [0.05, 0.1) is 10.5 Å². The molecule has 0 bridgehead atoms. The minimum absolute atomic E-state index is 0.0251. The molecule has 0 aliphatic heterocycles. The van der Waals surface area contributed by atoms with E-state index in [2.05, 4.69) is 10.1 Å². The molecular weight excluding hydrogens is 481 g/mol. The molecule has 0 spiro atoms. The monoisotopic (exact) mass is 496 g/mol. The number of alkyl halides is 2. The van der Waals surface area contributed by atoms with Crippen molar-refractivity contribution >= 4 is 44.2 Å². The fraction of sp³-hybridized carbons (Fsp3) is 0.188. The van der Waals surface area contributed by atoms with Crippen LogP contribution in [0.3, 0.4) is 0 Å². The Bertz CT molecular complexity index is 920. The van der Waals surface area contributed by atoms with Crippen LogP contribution in [-0.2, 0) is 10.0 Å². The minimum Gasteiger partial charge on any atom is -0.435 e. The van der Waals surface area contributed by atoms with Crippen molar-refractivity contribution < 1.29 is 26.7 Å². The fourth-order valence-corrected chi connectivity index (χ4v) is 3.51. The first-order valence-electron chi connectivity index (χ1n) is 7.19. The third kappa shape index (κ3) is 4.89. The van der Waals surface area contributed by atoms with Crippen LogP contribution in [0.1, 0.15) is 10.4 Å². The van der Waals surface area contributed by atoms with Crippen molar-refractivity contribution in [3.8, 4) is 5.75 Å². The molecule has 140 valence electrons. The van der Waals surface area contributed by atoms with E-state index in [0.717, 1.165) is 4.31 Å². The Morgan fingerprint density at radius 3 is 2.50 bits per heavy atom. The summed E-state index contributed by atoms with van der Waals surface area (Å²) < 4.78 is 54.9. The summed E-state index contributed by atoms with van der Waals surface area (Å²) in [4.78, 5) is 12.5. The highest BCUT2D eigenvalue weighted by molar-refractivity contribution is 14.1. The van der Waals surface area contributed by atoms with Gasteiger partial charge in [0.15, 0.2) is 0 Å². The summed E-state index contributed by atoms with van der Waals surface area (Å²) in [6.45, 7) is -2.98. The molecule has 1 N–H and O–H groups in total. The molecule has 2 aromatic rings. The molecule has 2 rings (SSSR count). The Labute approximate surface area is 163 Å². The zero-order valence-corrected chi connectivity index (χ0v) is 16.7. The summed E-state index contributed by atoms with van der Waals surface area (Å²) in [7, 11) is -0.915. The second kappa shape index (κ2) is 8.27. The number of carbonyl (C=O) groups excluding carboxylic acids is 1. The summed E-state index contributed by atoms with van der Waals surface area (Å²) in [5.41, 5.74) is 0.388. The van der Waals surface area contributed by atoms with Gasteiger partial charge in [0.25, 0.3) is 5.91 Å². The highest BCUT2D eigenvalue weighted by Gasteiger charge is 2.20. The molecule has 0 aliphatic carbocycles. The van der Waals surface area contributed by atoms with Crippen LogP contribution in [0.2, 0.25) is 0 Å². The van der Waals surface area contributed by atoms with Crippen molar-refractivity contribution in [2.45, 2.75) is 11.5 Å². The molecule has 0 saturated heterocycles. The Morgan fingerprint density at radius 2 is 1.88 bits per heavy atom. The average Bonchev–Trinajstić information content (AvgIpc) is 2.54. The number of halogens is 3. The lowest BCUT2D eigenvalue weighted by molar-refractivity contribution is -0.0498. The van der Waals surface area contributed by atoms with Crippen LogP contribution in [0.25, 0.3) is 0 Å². The number of carbonyl (C=O) groups is 1. The zero-order valence-electron chi connectivity index (χ0n) is 13.7. The number of nitrogens with zero attached hydrogens (tertiary/aromatic N) is 1. The molecule has 0 fully saturated rings. The maximum Gasteiger partial charge on any atom is 0.387 e. The molecule has 1 amide bonds. The predicted molar refractivity (Wildman–Crippen MR) is 101 cm³/mol. The number of sulfonamides is 1. The summed E-state index contributed by atoms with van der Waals surface area (Å²) in [5.74, 6) is -0.671. The van der Waals surface area contributed by atoms with Crippen LogP contribution in [-0.4, -0.2) is 39.3 Å². The molecule has 6 nitrogen and oxygen atoms in total. The Hall–Kier alpha value is -1.79. The SMILES string of the molecule is CN(C)S(=O)(=O)c1ccc(I)c(C(=O)Nc2cccc(OC(F)F)c2)c1. The van der Waals surface area contributed by atoms with E-state index in [1.165, 1.54) is 56.6 Å². The van der Waals surface area contributed by atoms with E-state index in [4.69, 9.17) is 0 Å². The van der Waals surface area contributed by atoms with Gasteiger partial charge in [0.2, 0.25) is 10.0 Å². The fourth-order valence-electron chi connectivity index (χ4n) is 2.00. The van der Waals surface area contributed by atoms with Gasteiger partial charge in [-0.2, -0.15) is 8.78 Å². The maximum absolute atomic E-state index is 12.5. The lowest BCUT2D eigenvalue weighted by Crippen LogP contribution is -2.23. The Balaban J connectivity index is 2.30. The first-order valence-corrected chi connectivity index (χ1v) is 9.71. The van der Waals surface area contributed by atoms with Gasteiger partial charge in [-0.15, -0.1) is 0 Å². The van der Waals surface area contributed by atoms with Crippen molar-refractivity contribution in [1.82, 2.24) is 4.31 Å². The highest BCUT2D eigenvalue weighted by atomic mass is 127. The highest BCUT2D eigenvalue weighted by Crippen LogP contribution is 2.23. The molecule has 2 aromatic carbocycles. The molecule has 0 saturated carbocycles. The molecule has 0 unspecified atom stereocenters. The van der Waals surface area contributed by atoms with Gasteiger partial charge in [0.1, 0.15) is 5.75 Å². The molecule has 0 heterocycles. The van der Waals surface area contributed by atoms with Crippen molar-refractivity contribution in [2.24, 2.45) is 0 Å². The Morgan fingerprint density at radius 1 is 1.19 bits per heavy atom. The van der Waals surface area contributed by atoms with Gasteiger partial charge in [0, 0.05) is 29.4 Å². The smallest absolute Gasteiger partial charge is 0.387 e. The first kappa shape index (κ1) is 20.5. The number of hydrogen-bond acceptors (Lipinski definition) is 4. The number of amides is 1. The van der Waals surface area contributed by atoms with Crippen molar-refractivity contribution in [2.75, 3.05) is 19.4 Å². The normalized spacial score (nSPS) is 11.7. The molecule has 0 aliphatic rings. The lowest BCUT2D eigenvalue weighted by atomic mass is 10.2. The molecule has 10 heteroatoms. The van der Waals surface area contributed by atoms with Gasteiger partial charge in [-0.05, 0) is 52.9 Å². The van der Waals surface area contributed by atoms with Crippen molar-refractivity contribution in [3.63, 3.8) is 0 Å². The van der Waals surface area contributed by atoms with Crippen LogP contribution in [0.5, 0.6) is 5.75 Å². The molecule has 0 aromatic heterocycles. The quantitative estimate of drug-likeness (QED) is 0.623. The minimum atomic E-state index is -3.70. The maximum atomic E-state index is 12.5. The van der Waals surface area contributed by atoms with Crippen molar-refractivity contribution in [3.05, 3.63) is 51.6 Å². The Kier molecular flexibility index (Phi) is 6.53. The van der Waals surface area contributed by atoms with E-state index in [1.54, 1.807) is 0 Å². The number of ether oxygens (including phenoxy) is 1. The van der Waals surface area contributed by atoms with Crippen LogP contribution in [0.4, 0.5) is 14.5 Å². The van der Waals surface area contributed by atoms with E-state index >= 15 is 0 Å². The second-order valence-electron chi connectivity index (χ2n) is 5.29. The number of hydrogen-bond donors (Lipinski definition) is 1. The zero-order chi connectivity index (χ0) is 19.5. The van der Waals surface area contributed by atoms with E-state index in [9.17, 15) is 22.0 Å². The number of rotatable bonds is 6. The topological polar surface area (TPSA) is 75.7 Å². The largest absolute Gasteiger partial charge is 0.435 e. The number of anilines is 1. The first-order chi connectivity index (χ1) is 12.1. The van der Waals surface area contributed by atoms with Gasteiger partial charge >= 0.3 is 6.61 Å². The molecular formula is C16H15F2IN2O4S. The average molecular weight is 496 g/mol. The summed E-state index contributed by atoms with van der Waals surface area (Å²) in [5, 5.41) is 2.54. The predicted octanol–water partition coefficient (Wildman–Crippen LogP) is 3.40. The third-order valence-electron chi connectivity index (χ3n) is 3.28. The van der Waals surface area contributed by atoms with E-state index in [0.29, 0.717) is 3.57 Å². The number of nitrogens with one attached hydrogen (secondary N) is 1. The van der Waals surface area contributed by atoms with Gasteiger partial charge in [-0.1, -0.05) is 6.07 Å². The van der Waals surface area contributed by atoms with Gasteiger partial charge < -0.3 is 10.1 Å². The van der Waals surface area contributed by atoms with Crippen LogP contribution < -0.4 is 10.1 Å². The lowest BCUT2D eigenvalue weighted by Gasteiger charge is -2.13. The van der Waals surface area contributed by atoms with Crippen LogP contribution in [0, 0.1) is 3.57 Å². The van der Waals surface area contributed by atoms with Crippen LogP contribution >= 0.6 is 22.6 Å². The standard InChI is InChI=1S/C16H15F2IN2O4S/c1-21(2)26(23,24)12-6-7-14(19)13(9-12)15(22)20-10-4-3-5-11(8-10)25-16(17)18/h3-9,16H,1-2H3,(H,20,22). The van der Waals surface area contributed by atoms with Crippen LogP contribution in [0.15, 0.2) is 47.4 Å². The molecule has 0 atom stereocenters.